The van der Waals surface area contributed by atoms with Gasteiger partial charge >= 0.3 is 0 Å². The van der Waals surface area contributed by atoms with E-state index in [-0.39, 0.29) is 17.1 Å². The van der Waals surface area contributed by atoms with Gasteiger partial charge in [-0.15, -0.1) is 0 Å². The van der Waals surface area contributed by atoms with Crippen LogP contribution in [-0.2, 0) is 9.84 Å². The Hall–Kier alpha value is -1.40. The number of aromatic nitrogens is 2. The van der Waals surface area contributed by atoms with Crippen LogP contribution in [0.15, 0.2) is 24.5 Å². The highest BCUT2D eigenvalue weighted by atomic mass is 35.5. The molecule has 2 aromatic rings. The maximum absolute atomic E-state index is 11.7. The maximum atomic E-state index is 11.7. The zero-order chi connectivity index (χ0) is 15.0. The van der Waals surface area contributed by atoms with Gasteiger partial charge in [0.25, 0.3) is 0 Å². The lowest BCUT2D eigenvalue weighted by atomic mass is 9.95. The first-order valence-corrected chi connectivity index (χ1v) is 8.87. The molecule has 0 amide bonds. The van der Waals surface area contributed by atoms with Crippen molar-refractivity contribution in [2.45, 2.75) is 31.1 Å². The molecule has 0 unspecified atom stereocenters. The average molecular weight is 327 g/mol. The SMILES string of the molecule is CCS(=O)(=O)C1CC(Oc2nccc3cc(Cl)ncc23)C1. The first-order valence-electron chi connectivity index (χ1n) is 6.78. The molecule has 3 rings (SSSR count). The lowest BCUT2D eigenvalue weighted by Gasteiger charge is -2.34. The molecule has 1 fully saturated rings. The van der Waals surface area contributed by atoms with Crippen molar-refractivity contribution in [3.05, 3.63) is 29.7 Å². The number of rotatable bonds is 4. The Labute approximate surface area is 128 Å². The monoisotopic (exact) mass is 326 g/mol. The second-order valence-electron chi connectivity index (χ2n) is 5.13. The van der Waals surface area contributed by atoms with Gasteiger partial charge in [-0.3, -0.25) is 0 Å². The standard InChI is InChI=1S/C14H15ClN2O3S/c1-2-21(18,19)11-6-10(7-11)20-14-12-8-17-13(15)5-9(12)3-4-16-14/h3-5,8,10-11H,2,6-7H2,1H3. The predicted molar refractivity (Wildman–Crippen MR) is 81.4 cm³/mol. The average Bonchev–Trinajstić information content (AvgIpc) is 2.41. The molecule has 5 nitrogen and oxygen atoms in total. The van der Waals surface area contributed by atoms with E-state index in [1.54, 1.807) is 25.4 Å². The lowest BCUT2D eigenvalue weighted by molar-refractivity contribution is 0.119. The minimum absolute atomic E-state index is 0.106. The van der Waals surface area contributed by atoms with E-state index in [4.69, 9.17) is 16.3 Å². The Balaban J connectivity index is 1.76. The van der Waals surface area contributed by atoms with Crippen LogP contribution in [0.3, 0.4) is 0 Å². The van der Waals surface area contributed by atoms with E-state index < -0.39 is 9.84 Å². The van der Waals surface area contributed by atoms with E-state index in [9.17, 15) is 8.42 Å². The van der Waals surface area contributed by atoms with Crippen molar-refractivity contribution in [2.24, 2.45) is 0 Å². The Kier molecular flexibility index (Phi) is 3.75. The maximum Gasteiger partial charge on any atom is 0.223 e. The highest BCUT2D eigenvalue weighted by Crippen LogP contribution is 2.33. The summed E-state index contributed by atoms with van der Waals surface area (Å²) < 4.78 is 29.3. The predicted octanol–water partition coefficient (Wildman–Crippen LogP) is 2.63. The summed E-state index contributed by atoms with van der Waals surface area (Å²) in [5, 5.41) is 1.81. The fourth-order valence-corrected chi connectivity index (χ4v) is 4.06. The smallest absolute Gasteiger partial charge is 0.223 e. The topological polar surface area (TPSA) is 69.2 Å². The molecule has 7 heteroatoms. The minimum atomic E-state index is -2.96. The Morgan fingerprint density at radius 3 is 2.86 bits per heavy atom. The molecule has 0 aliphatic heterocycles. The van der Waals surface area contributed by atoms with Gasteiger partial charge in [0.1, 0.15) is 11.3 Å². The number of sulfone groups is 1. The van der Waals surface area contributed by atoms with Gasteiger partial charge in [-0.1, -0.05) is 18.5 Å². The van der Waals surface area contributed by atoms with Crippen LogP contribution in [0, 0.1) is 0 Å². The summed E-state index contributed by atoms with van der Waals surface area (Å²) >= 11 is 5.86. The fourth-order valence-electron chi connectivity index (χ4n) is 2.41. The normalized spacial score (nSPS) is 22.0. The van der Waals surface area contributed by atoms with Crippen LogP contribution in [0.1, 0.15) is 19.8 Å². The third-order valence-electron chi connectivity index (χ3n) is 3.82. The van der Waals surface area contributed by atoms with Crippen LogP contribution >= 0.6 is 11.6 Å². The first kappa shape index (κ1) is 14.5. The van der Waals surface area contributed by atoms with Gasteiger partial charge in [-0.05, 0) is 17.5 Å². The molecule has 1 aliphatic rings. The molecule has 21 heavy (non-hydrogen) atoms. The summed E-state index contributed by atoms with van der Waals surface area (Å²) in [5.41, 5.74) is 0. The molecule has 0 atom stereocenters. The molecule has 0 spiro atoms. The van der Waals surface area contributed by atoms with E-state index in [0.29, 0.717) is 23.9 Å². The van der Waals surface area contributed by atoms with Crippen LogP contribution < -0.4 is 4.74 Å². The van der Waals surface area contributed by atoms with Crippen molar-refractivity contribution in [3.63, 3.8) is 0 Å². The second kappa shape index (κ2) is 5.42. The van der Waals surface area contributed by atoms with Crippen LogP contribution in [0.25, 0.3) is 10.8 Å². The number of fused-ring (bicyclic) bond motifs is 1. The van der Waals surface area contributed by atoms with Gasteiger partial charge in [-0.25, -0.2) is 18.4 Å². The molecule has 2 heterocycles. The summed E-state index contributed by atoms with van der Waals surface area (Å²) in [6, 6.07) is 3.58. The van der Waals surface area contributed by atoms with Crippen molar-refractivity contribution in [1.82, 2.24) is 9.97 Å². The third kappa shape index (κ3) is 2.82. The third-order valence-corrected chi connectivity index (χ3v) is 6.23. The molecule has 1 aliphatic carbocycles. The highest BCUT2D eigenvalue weighted by molar-refractivity contribution is 7.92. The van der Waals surface area contributed by atoms with Crippen molar-refractivity contribution in [2.75, 3.05) is 5.75 Å². The molecule has 0 bridgehead atoms. The molecular formula is C14H15ClN2O3S. The summed E-state index contributed by atoms with van der Waals surface area (Å²) in [6.45, 7) is 1.67. The molecule has 1 saturated carbocycles. The molecular weight excluding hydrogens is 312 g/mol. The van der Waals surface area contributed by atoms with E-state index in [2.05, 4.69) is 9.97 Å². The number of hydrogen-bond acceptors (Lipinski definition) is 5. The number of nitrogens with zero attached hydrogens (tertiary/aromatic N) is 2. The minimum Gasteiger partial charge on any atom is -0.474 e. The second-order valence-corrected chi connectivity index (χ2v) is 8.09. The van der Waals surface area contributed by atoms with Gasteiger partial charge in [0.15, 0.2) is 9.84 Å². The first-order chi connectivity index (χ1) is 9.99. The largest absolute Gasteiger partial charge is 0.474 e. The number of ether oxygens (including phenoxy) is 1. The van der Waals surface area contributed by atoms with Crippen LogP contribution in [0.4, 0.5) is 0 Å². The van der Waals surface area contributed by atoms with Crippen molar-refractivity contribution in [1.29, 1.82) is 0 Å². The van der Waals surface area contributed by atoms with Crippen LogP contribution in [0.5, 0.6) is 5.88 Å². The van der Waals surface area contributed by atoms with Gasteiger partial charge in [-0.2, -0.15) is 0 Å². The van der Waals surface area contributed by atoms with Gasteiger partial charge in [0.05, 0.1) is 10.6 Å². The Bertz CT molecular complexity index is 773. The van der Waals surface area contributed by atoms with E-state index in [1.807, 2.05) is 6.07 Å². The quantitative estimate of drug-likeness (QED) is 0.808. The summed E-state index contributed by atoms with van der Waals surface area (Å²) in [6.07, 6.45) is 4.21. The molecule has 0 N–H and O–H groups in total. The summed E-state index contributed by atoms with van der Waals surface area (Å²) in [7, 11) is -2.96. The molecule has 0 radical (unpaired) electrons. The zero-order valence-electron chi connectivity index (χ0n) is 11.5. The summed E-state index contributed by atoms with van der Waals surface area (Å²) in [5.74, 6) is 0.660. The molecule has 0 aromatic carbocycles. The van der Waals surface area contributed by atoms with Gasteiger partial charge < -0.3 is 4.74 Å². The van der Waals surface area contributed by atoms with E-state index in [0.717, 1.165) is 10.8 Å². The zero-order valence-corrected chi connectivity index (χ0v) is 13.1. The van der Waals surface area contributed by atoms with Gasteiger partial charge in [0, 0.05) is 31.0 Å². The number of pyridine rings is 2. The molecule has 112 valence electrons. The number of halogens is 1. The molecule has 2 aromatic heterocycles. The van der Waals surface area contributed by atoms with Crippen molar-refractivity contribution < 1.29 is 13.2 Å². The van der Waals surface area contributed by atoms with Gasteiger partial charge in [0.2, 0.25) is 5.88 Å². The van der Waals surface area contributed by atoms with Crippen LogP contribution in [-0.4, -0.2) is 35.5 Å². The van der Waals surface area contributed by atoms with Crippen molar-refractivity contribution in [3.8, 4) is 5.88 Å². The number of hydrogen-bond donors (Lipinski definition) is 0. The Morgan fingerprint density at radius 2 is 2.14 bits per heavy atom. The highest BCUT2D eigenvalue weighted by Gasteiger charge is 2.39. The van der Waals surface area contributed by atoms with E-state index in [1.165, 1.54) is 0 Å². The Morgan fingerprint density at radius 1 is 1.38 bits per heavy atom. The van der Waals surface area contributed by atoms with Crippen LogP contribution in [0.2, 0.25) is 5.15 Å². The van der Waals surface area contributed by atoms with E-state index >= 15 is 0 Å². The lowest BCUT2D eigenvalue weighted by Crippen LogP contribution is -2.43. The molecule has 0 saturated heterocycles. The van der Waals surface area contributed by atoms with Crippen molar-refractivity contribution >= 4 is 32.2 Å². The fraction of sp³-hybridized carbons (Fsp3) is 0.429. The summed E-state index contributed by atoms with van der Waals surface area (Å²) in [4.78, 5) is 8.25.